The molecule has 2 N–H and O–H groups in total. The molecule has 1 unspecified atom stereocenters. The Morgan fingerprint density at radius 2 is 1.78 bits per heavy atom. The van der Waals surface area contributed by atoms with Crippen LogP contribution in [0.1, 0.15) is 11.7 Å². The predicted molar refractivity (Wildman–Crippen MR) is 76.2 cm³/mol. The van der Waals surface area contributed by atoms with Crippen LogP contribution < -0.4 is 4.74 Å². The molecule has 0 saturated heterocycles. The van der Waals surface area contributed by atoms with Gasteiger partial charge in [-0.1, -0.05) is 41.9 Å². The molecular weight excluding hydrogens is 337 g/mol. The van der Waals surface area contributed by atoms with Crippen LogP contribution in [-0.4, -0.2) is 22.5 Å². The van der Waals surface area contributed by atoms with E-state index in [4.69, 9.17) is 16.7 Å². The number of alkyl halides is 3. The van der Waals surface area contributed by atoms with Crippen LogP contribution in [0.2, 0.25) is 5.02 Å². The quantitative estimate of drug-likeness (QED) is 0.877. The fraction of sp³-hybridized carbons (Fsp3) is 0.133. The summed E-state index contributed by atoms with van der Waals surface area (Å²) in [7, 11) is 0. The van der Waals surface area contributed by atoms with E-state index >= 15 is 0 Å². The topological polar surface area (TPSA) is 66.8 Å². The summed E-state index contributed by atoms with van der Waals surface area (Å²) in [6.07, 6.45) is -6.63. The van der Waals surface area contributed by atoms with Crippen molar-refractivity contribution < 1.29 is 32.9 Å². The third-order valence-electron chi connectivity index (χ3n) is 2.95. The second-order valence-corrected chi connectivity index (χ2v) is 4.93. The molecule has 122 valence electrons. The third kappa shape index (κ3) is 4.14. The van der Waals surface area contributed by atoms with Crippen LogP contribution in [0.4, 0.5) is 13.2 Å². The van der Waals surface area contributed by atoms with E-state index in [9.17, 15) is 23.1 Å². The highest BCUT2D eigenvalue weighted by Crippen LogP contribution is 2.38. The van der Waals surface area contributed by atoms with Crippen molar-refractivity contribution in [1.29, 1.82) is 0 Å². The van der Waals surface area contributed by atoms with E-state index in [1.54, 1.807) is 0 Å². The molecule has 0 radical (unpaired) electrons. The minimum atomic E-state index is -4.86. The van der Waals surface area contributed by atoms with Gasteiger partial charge in [0, 0.05) is 16.1 Å². The molecule has 0 saturated carbocycles. The second-order valence-electron chi connectivity index (χ2n) is 4.52. The molecule has 0 fully saturated rings. The van der Waals surface area contributed by atoms with E-state index in [2.05, 4.69) is 4.74 Å². The first-order chi connectivity index (χ1) is 10.7. The number of hydrogen-bond acceptors (Lipinski definition) is 3. The number of carboxylic acid groups (broad SMARTS) is 1. The van der Waals surface area contributed by atoms with Crippen LogP contribution in [0.3, 0.4) is 0 Å². The fourth-order valence-electron chi connectivity index (χ4n) is 1.97. The SMILES string of the molecule is O=C(O)C(O)c1ccc(-c2ccccc2OC(F)(F)F)c(Cl)c1. The highest BCUT2D eigenvalue weighted by Gasteiger charge is 2.32. The van der Waals surface area contributed by atoms with Crippen molar-refractivity contribution in [2.24, 2.45) is 0 Å². The third-order valence-corrected chi connectivity index (χ3v) is 3.26. The minimum absolute atomic E-state index is 0.0129. The number of para-hydroxylation sites is 1. The van der Waals surface area contributed by atoms with Crippen LogP contribution in [0.5, 0.6) is 5.75 Å². The fourth-order valence-corrected chi connectivity index (χ4v) is 2.26. The summed E-state index contributed by atoms with van der Waals surface area (Å²) < 4.78 is 41.3. The number of aliphatic hydroxyl groups excluding tert-OH is 1. The summed E-state index contributed by atoms with van der Waals surface area (Å²) in [5.74, 6) is -1.90. The van der Waals surface area contributed by atoms with Gasteiger partial charge >= 0.3 is 12.3 Å². The maximum absolute atomic E-state index is 12.4. The van der Waals surface area contributed by atoms with Gasteiger partial charge < -0.3 is 14.9 Å². The van der Waals surface area contributed by atoms with Gasteiger partial charge in [-0.05, 0) is 17.7 Å². The molecular formula is C15H10ClF3O4. The average Bonchev–Trinajstić information content (AvgIpc) is 2.45. The average molecular weight is 347 g/mol. The van der Waals surface area contributed by atoms with Crippen molar-refractivity contribution >= 4 is 17.6 Å². The Hall–Kier alpha value is -2.25. The highest BCUT2D eigenvalue weighted by molar-refractivity contribution is 6.33. The van der Waals surface area contributed by atoms with Gasteiger partial charge in [0.2, 0.25) is 0 Å². The molecule has 4 nitrogen and oxygen atoms in total. The zero-order valence-electron chi connectivity index (χ0n) is 11.3. The first kappa shape index (κ1) is 17.1. The van der Waals surface area contributed by atoms with E-state index in [1.165, 1.54) is 36.4 Å². The molecule has 2 rings (SSSR count). The van der Waals surface area contributed by atoms with Gasteiger partial charge in [0.15, 0.2) is 6.10 Å². The van der Waals surface area contributed by atoms with Gasteiger partial charge in [0.1, 0.15) is 5.75 Å². The van der Waals surface area contributed by atoms with Gasteiger partial charge in [0.25, 0.3) is 0 Å². The molecule has 8 heteroatoms. The number of benzene rings is 2. The van der Waals surface area contributed by atoms with Crippen molar-refractivity contribution in [2.75, 3.05) is 0 Å². The molecule has 2 aromatic rings. The smallest absolute Gasteiger partial charge is 0.479 e. The zero-order valence-corrected chi connectivity index (χ0v) is 12.1. The zero-order chi connectivity index (χ0) is 17.2. The molecule has 0 aliphatic heterocycles. The lowest BCUT2D eigenvalue weighted by molar-refractivity contribution is -0.274. The van der Waals surface area contributed by atoms with Gasteiger partial charge in [-0.25, -0.2) is 4.79 Å². The Morgan fingerprint density at radius 3 is 2.35 bits per heavy atom. The monoisotopic (exact) mass is 346 g/mol. The summed E-state index contributed by atoms with van der Waals surface area (Å²) >= 11 is 6.02. The standard InChI is InChI=1S/C15H10ClF3O4/c16-11-7-8(13(20)14(21)22)5-6-9(11)10-3-1-2-4-12(10)23-15(17,18)19/h1-7,13,20H,(H,21,22). The van der Waals surface area contributed by atoms with E-state index in [1.807, 2.05) is 0 Å². The number of rotatable bonds is 4. The van der Waals surface area contributed by atoms with E-state index in [0.29, 0.717) is 0 Å². The van der Waals surface area contributed by atoms with Gasteiger partial charge in [-0.2, -0.15) is 0 Å². The van der Waals surface area contributed by atoms with Crippen molar-refractivity contribution in [3.8, 4) is 16.9 Å². The van der Waals surface area contributed by atoms with Crippen molar-refractivity contribution in [1.82, 2.24) is 0 Å². The second kappa shape index (κ2) is 6.47. The highest BCUT2D eigenvalue weighted by atomic mass is 35.5. The number of halogens is 4. The maximum Gasteiger partial charge on any atom is 0.573 e. The Bertz CT molecular complexity index is 731. The van der Waals surface area contributed by atoms with Crippen LogP contribution in [-0.2, 0) is 4.79 Å². The summed E-state index contributed by atoms with van der Waals surface area (Å²) in [4.78, 5) is 10.7. The largest absolute Gasteiger partial charge is 0.573 e. The maximum atomic E-state index is 12.4. The number of carbonyl (C=O) groups is 1. The number of aliphatic hydroxyl groups is 1. The van der Waals surface area contributed by atoms with Crippen LogP contribution in [0.15, 0.2) is 42.5 Å². The molecule has 0 aromatic heterocycles. The lowest BCUT2D eigenvalue weighted by Gasteiger charge is -2.15. The molecule has 2 aromatic carbocycles. The molecule has 0 aliphatic rings. The Morgan fingerprint density at radius 1 is 1.13 bits per heavy atom. The lowest BCUT2D eigenvalue weighted by atomic mass is 10.0. The van der Waals surface area contributed by atoms with Crippen molar-refractivity contribution in [3.63, 3.8) is 0 Å². The summed E-state index contributed by atoms with van der Waals surface area (Å²) in [6, 6.07) is 9.18. The van der Waals surface area contributed by atoms with E-state index < -0.39 is 24.2 Å². The molecule has 0 heterocycles. The van der Waals surface area contributed by atoms with Gasteiger partial charge in [0.05, 0.1) is 0 Å². The molecule has 1 atom stereocenters. The van der Waals surface area contributed by atoms with E-state index in [-0.39, 0.29) is 21.7 Å². The van der Waals surface area contributed by atoms with Gasteiger partial charge in [-0.3, -0.25) is 0 Å². The summed E-state index contributed by atoms with van der Waals surface area (Å²) in [6.45, 7) is 0. The Balaban J connectivity index is 2.46. The molecule has 23 heavy (non-hydrogen) atoms. The lowest BCUT2D eigenvalue weighted by Crippen LogP contribution is -2.17. The van der Waals surface area contributed by atoms with Crippen LogP contribution >= 0.6 is 11.6 Å². The Labute approximate surface area is 133 Å². The Kier molecular flexibility index (Phi) is 4.82. The van der Waals surface area contributed by atoms with Crippen LogP contribution in [0.25, 0.3) is 11.1 Å². The number of aliphatic carboxylic acids is 1. The molecule has 0 aliphatic carbocycles. The molecule has 0 bridgehead atoms. The normalized spacial score (nSPS) is 12.7. The number of hydrogen-bond donors (Lipinski definition) is 2. The van der Waals surface area contributed by atoms with Crippen molar-refractivity contribution in [2.45, 2.75) is 12.5 Å². The minimum Gasteiger partial charge on any atom is -0.479 e. The summed E-state index contributed by atoms with van der Waals surface area (Å²) in [5.41, 5.74) is 0.319. The summed E-state index contributed by atoms with van der Waals surface area (Å²) in [5, 5.41) is 18.2. The molecule has 0 spiro atoms. The first-order valence-corrected chi connectivity index (χ1v) is 6.62. The van der Waals surface area contributed by atoms with Gasteiger partial charge in [-0.15, -0.1) is 13.2 Å². The first-order valence-electron chi connectivity index (χ1n) is 6.24. The van der Waals surface area contributed by atoms with Crippen LogP contribution in [0, 0.1) is 0 Å². The van der Waals surface area contributed by atoms with Crippen molar-refractivity contribution in [3.05, 3.63) is 53.1 Å². The molecule has 0 amide bonds. The number of ether oxygens (including phenoxy) is 1. The number of carboxylic acids is 1. The predicted octanol–water partition coefficient (Wildman–Crippen LogP) is 4.02. The van der Waals surface area contributed by atoms with E-state index in [0.717, 1.165) is 6.07 Å².